The van der Waals surface area contributed by atoms with Gasteiger partial charge in [-0.3, -0.25) is 0 Å². The average Bonchev–Trinajstić information content (AvgIpc) is 2.39. The van der Waals surface area contributed by atoms with Gasteiger partial charge in [0.05, 0.1) is 16.7 Å². The molecule has 3 nitrogen and oxygen atoms in total. The molecule has 0 radical (unpaired) electrons. The second-order valence-corrected chi connectivity index (χ2v) is 5.51. The second-order valence-electron chi connectivity index (χ2n) is 4.26. The molecule has 0 atom stereocenters. The number of ether oxygens (including phenoxy) is 2. The summed E-state index contributed by atoms with van der Waals surface area (Å²) >= 11 is 17.8. The van der Waals surface area contributed by atoms with Crippen molar-refractivity contribution in [2.45, 2.75) is 19.8 Å². The quantitative estimate of drug-likeness (QED) is 0.639. The number of hydrogen-bond acceptors (Lipinski definition) is 3. The van der Waals surface area contributed by atoms with Crippen LogP contribution in [-0.2, 0) is 4.74 Å². The summed E-state index contributed by atoms with van der Waals surface area (Å²) in [5.41, 5.74) is 0. The van der Waals surface area contributed by atoms with E-state index in [0.29, 0.717) is 40.6 Å². The van der Waals surface area contributed by atoms with Gasteiger partial charge < -0.3 is 14.8 Å². The highest BCUT2D eigenvalue weighted by molar-refractivity contribution is 6.40. The second kappa shape index (κ2) is 10.5. The van der Waals surface area contributed by atoms with Gasteiger partial charge >= 0.3 is 0 Å². The molecule has 0 unspecified atom stereocenters. The minimum atomic E-state index is 0.422. The maximum Gasteiger partial charge on any atom is 0.156 e. The van der Waals surface area contributed by atoms with Crippen molar-refractivity contribution < 1.29 is 9.47 Å². The van der Waals surface area contributed by atoms with Crippen molar-refractivity contribution in [3.63, 3.8) is 0 Å². The predicted octanol–water partition coefficient (Wildman–Crippen LogP) is 4.43. The van der Waals surface area contributed by atoms with Crippen molar-refractivity contribution >= 4 is 34.8 Å². The van der Waals surface area contributed by atoms with E-state index in [9.17, 15) is 0 Å². The molecular weight excluding hydrogens is 321 g/mol. The number of rotatable bonds is 10. The fourth-order valence-electron chi connectivity index (χ4n) is 1.51. The lowest BCUT2D eigenvalue weighted by atomic mass is 10.3. The molecular formula is C14H20Cl3NO2. The molecule has 1 rings (SSSR count). The third-order valence-corrected chi connectivity index (χ3v) is 3.33. The number of nitrogens with one attached hydrogen (secondary N) is 1. The van der Waals surface area contributed by atoms with Crippen LogP contribution in [0, 0.1) is 0 Å². The Labute approximate surface area is 135 Å². The SMILES string of the molecule is CCCCOCCNCCOc1c(Cl)cc(Cl)cc1Cl. The Morgan fingerprint density at radius 3 is 2.30 bits per heavy atom. The van der Waals surface area contributed by atoms with Gasteiger partial charge in [-0.05, 0) is 18.6 Å². The summed E-state index contributed by atoms with van der Waals surface area (Å²) in [5, 5.41) is 4.56. The van der Waals surface area contributed by atoms with E-state index < -0.39 is 0 Å². The van der Waals surface area contributed by atoms with Crippen LogP contribution in [0.1, 0.15) is 19.8 Å². The van der Waals surface area contributed by atoms with Crippen molar-refractivity contribution in [1.82, 2.24) is 5.32 Å². The van der Waals surface area contributed by atoms with Crippen LogP contribution < -0.4 is 10.1 Å². The standard InChI is InChI=1S/C14H20Cl3NO2/c1-2-3-6-19-7-4-18-5-8-20-14-12(16)9-11(15)10-13(14)17/h9-10,18H,2-8H2,1H3. The molecule has 114 valence electrons. The molecule has 1 N–H and O–H groups in total. The highest BCUT2D eigenvalue weighted by atomic mass is 35.5. The zero-order valence-corrected chi connectivity index (χ0v) is 13.8. The minimum Gasteiger partial charge on any atom is -0.489 e. The van der Waals surface area contributed by atoms with Crippen LogP contribution in [0.5, 0.6) is 5.75 Å². The molecule has 0 saturated heterocycles. The predicted molar refractivity (Wildman–Crippen MR) is 85.6 cm³/mol. The monoisotopic (exact) mass is 339 g/mol. The van der Waals surface area contributed by atoms with E-state index in [0.717, 1.165) is 26.0 Å². The van der Waals surface area contributed by atoms with E-state index >= 15 is 0 Å². The van der Waals surface area contributed by atoms with E-state index in [4.69, 9.17) is 44.3 Å². The Hall–Kier alpha value is -0.190. The summed E-state index contributed by atoms with van der Waals surface area (Å²) in [7, 11) is 0. The van der Waals surface area contributed by atoms with Crippen LogP contribution in [0.3, 0.4) is 0 Å². The molecule has 0 aliphatic heterocycles. The van der Waals surface area contributed by atoms with Gasteiger partial charge in [0.2, 0.25) is 0 Å². The Balaban J connectivity index is 2.13. The largest absolute Gasteiger partial charge is 0.489 e. The molecule has 6 heteroatoms. The third kappa shape index (κ3) is 7.00. The molecule has 0 fully saturated rings. The number of halogens is 3. The van der Waals surface area contributed by atoms with Gasteiger partial charge in [0.1, 0.15) is 6.61 Å². The first kappa shape index (κ1) is 17.9. The smallest absolute Gasteiger partial charge is 0.156 e. The summed E-state index contributed by atoms with van der Waals surface area (Å²) < 4.78 is 11.0. The van der Waals surface area contributed by atoms with Crippen LogP contribution in [-0.4, -0.2) is 32.9 Å². The van der Waals surface area contributed by atoms with Gasteiger partial charge in [-0.1, -0.05) is 48.1 Å². The van der Waals surface area contributed by atoms with Crippen molar-refractivity contribution in [3.8, 4) is 5.75 Å². The Morgan fingerprint density at radius 2 is 1.65 bits per heavy atom. The van der Waals surface area contributed by atoms with E-state index in [-0.39, 0.29) is 0 Å². The molecule has 0 spiro atoms. The van der Waals surface area contributed by atoms with Crippen LogP contribution in [0.2, 0.25) is 15.1 Å². The van der Waals surface area contributed by atoms with Crippen molar-refractivity contribution in [2.75, 3.05) is 32.9 Å². The lowest BCUT2D eigenvalue weighted by molar-refractivity contribution is 0.132. The number of benzene rings is 1. The molecule has 0 saturated carbocycles. The van der Waals surface area contributed by atoms with Gasteiger partial charge in [0.15, 0.2) is 5.75 Å². The normalized spacial score (nSPS) is 10.8. The summed E-state index contributed by atoms with van der Waals surface area (Å²) in [5.74, 6) is 0.471. The van der Waals surface area contributed by atoms with Crippen molar-refractivity contribution in [2.24, 2.45) is 0 Å². The van der Waals surface area contributed by atoms with Gasteiger partial charge in [0, 0.05) is 24.7 Å². The van der Waals surface area contributed by atoms with Crippen LogP contribution in [0.4, 0.5) is 0 Å². The maximum atomic E-state index is 6.01. The highest BCUT2D eigenvalue weighted by Gasteiger charge is 2.08. The van der Waals surface area contributed by atoms with E-state index in [1.807, 2.05) is 0 Å². The van der Waals surface area contributed by atoms with Gasteiger partial charge in [-0.15, -0.1) is 0 Å². The number of hydrogen-bond donors (Lipinski definition) is 1. The topological polar surface area (TPSA) is 30.5 Å². The van der Waals surface area contributed by atoms with E-state index in [1.54, 1.807) is 12.1 Å². The Kier molecular flexibility index (Phi) is 9.40. The molecule has 0 bridgehead atoms. The van der Waals surface area contributed by atoms with Crippen LogP contribution in [0.15, 0.2) is 12.1 Å². The molecule has 20 heavy (non-hydrogen) atoms. The zero-order valence-electron chi connectivity index (χ0n) is 11.6. The van der Waals surface area contributed by atoms with Crippen molar-refractivity contribution in [3.05, 3.63) is 27.2 Å². The fourth-order valence-corrected chi connectivity index (χ4v) is 2.44. The summed E-state index contributed by atoms with van der Waals surface area (Å²) in [6.07, 6.45) is 2.26. The fraction of sp³-hybridized carbons (Fsp3) is 0.571. The maximum absolute atomic E-state index is 6.01. The third-order valence-electron chi connectivity index (χ3n) is 2.55. The molecule has 1 aromatic rings. The molecule has 0 amide bonds. The van der Waals surface area contributed by atoms with Crippen LogP contribution in [0.25, 0.3) is 0 Å². The van der Waals surface area contributed by atoms with Gasteiger partial charge in [0.25, 0.3) is 0 Å². The Bertz CT molecular complexity index is 379. The van der Waals surface area contributed by atoms with Gasteiger partial charge in [-0.25, -0.2) is 0 Å². The average molecular weight is 341 g/mol. The summed E-state index contributed by atoms with van der Waals surface area (Å²) in [6, 6.07) is 3.22. The van der Waals surface area contributed by atoms with Gasteiger partial charge in [-0.2, -0.15) is 0 Å². The summed E-state index contributed by atoms with van der Waals surface area (Å²) in [4.78, 5) is 0. The zero-order chi connectivity index (χ0) is 14.8. The first-order valence-corrected chi connectivity index (χ1v) is 7.84. The van der Waals surface area contributed by atoms with Crippen molar-refractivity contribution in [1.29, 1.82) is 0 Å². The molecule has 0 aliphatic carbocycles. The molecule has 0 heterocycles. The van der Waals surface area contributed by atoms with E-state index in [1.165, 1.54) is 0 Å². The first-order chi connectivity index (χ1) is 9.65. The molecule has 0 aliphatic rings. The van der Waals surface area contributed by atoms with Crippen LogP contribution >= 0.6 is 34.8 Å². The molecule has 1 aromatic carbocycles. The first-order valence-electron chi connectivity index (χ1n) is 6.71. The lowest BCUT2D eigenvalue weighted by Crippen LogP contribution is -2.25. The Morgan fingerprint density at radius 1 is 1.00 bits per heavy atom. The minimum absolute atomic E-state index is 0.422. The summed E-state index contributed by atoms with van der Waals surface area (Å²) in [6.45, 7) is 5.66. The van der Waals surface area contributed by atoms with E-state index in [2.05, 4.69) is 12.2 Å². The number of unbranched alkanes of at least 4 members (excludes halogenated alkanes) is 1. The molecule has 0 aromatic heterocycles. The highest BCUT2D eigenvalue weighted by Crippen LogP contribution is 2.35. The lowest BCUT2D eigenvalue weighted by Gasteiger charge is -2.11.